The van der Waals surface area contributed by atoms with Gasteiger partial charge in [-0.3, -0.25) is 4.79 Å². The van der Waals surface area contributed by atoms with Gasteiger partial charge in [0.1, 0.15) is 0 Å². The van der Waals surface area contributed by atoms with E-state index in [4.69, 9.17) is 11.6 Å². The average Bonchev–Trinajstić information content (AvgIpc) is 2.16. The number of rotatable bonds is 2. The highest BCUT2D eigenvalue weighted by Gasteiger charge is 2.61. The maximum atomic E-state index is 12.2. The summed E-state index contributed by atoms with van der Waals surface area (Å²) < 4.78 is 73.3. The van der Waals surface area contributed by atoms with E-state index < -0.39 is 35.1 Å². The summed E-state index contributed by atoms with van der Waals surface area (Å²) in [6.07, 6.45) is -9.57. The fourth-order valence-corrected chi connectivity index (χ4v) is 1.23. The van der Waals surface area contributed by atoms with E-state index in [0.29, 0.717) is 0 Å². The number of hydrogen-bond donors (Lipinski definition) is 1. The van der Waals surface area contributed by atoms with Crippen molar-refractivity contribution < 1.29 is 31.1 Å². The molecule has 1 heterocycles. The Bertz CT molecular complexity index is 460. The van der Waals surface area contributed by atoms with Crippen LogP contribution in [0.25, 0.3) is 0 Å². The second kappa shape index (κ2) is 5.19. The summed E-state index contributed by atoms with van der Waals surface area (Å²) in [4.78, 5) is 17.7. The maximum absolute atomic E-state index is 12.2. The Hall–Kier alpha value is -1.58. The van der Waals surface area contributed by atoms with Gasteiger partial charge in [-0.2, -0.15) is 26.3 Å². The first-order valence-corrected chi connectivity index (χ1v) is 4.82. The van der Waals surface area contributed by atoms with Gasteiger partial charge in [0.15, 0.2) is 11.0 Å². The Morgan fingerprint density at radius 3 is 2.00 bits per heavy atom. The minimum atomic E-state index is -5.78. The summed E-state index contributed by atoms with van der Waals surface area (Å²) in [5.41, 5.74) is 0. The Morgan fingerprint density at radius 1 is 1.11 bits per heavy atom. The number of nitrogens with zero attached hydrogens (tertiary/aromatic N) is 2. The van der Waals surface area contributed by atoms with Gasteiger partial charge >= 0.3 is 12.4 Å². The molecule has 0 bridgehead atoms. The molecule has 0 spiro atoms. The summed E-state index contributed by atoms with van der Waals surface area (Å²) in [6, 6.07) is 0. The quantitative estimate of drug-likeness (QED) is 0.855. The third kappa shape index (κ3) is 3.94. The number of halogens is 7. The fraction of sp³-hybridized carbons (Fsp3) is 0.375. The standard InChI is InChI=1S/C8H4ClF6N3O/c9-4-5(17-2-1-16-4)18-6(19)3(7(10,11)12)8(13,14)15/h1-3H,(H,17,18,19). The summed E-state index contributed by atoms with van der Waals surface area (Å²) in [6.45, 7) is 0. The number of anilines is 1. The molecule has 0 aromatic carbocycles. The highest BCUT2D eigenvalue weighted by atomic mass is 35.5. The first kappa shape index (κ1) is 15.5. The molecule has 106 valence electrons. The van der Waals surface area contributed by atoms with Crippen molar-refractivity contribution in [3.63, 3.8) is 0 Å². The number of carbonyl (C=O) groups is 1. The van der Waals surface area contributed by atoms with Crippen LogP contribution in [0.2, 0.25) is 5.15 Å². The van der Waals surface area contributed by atoms with Crippen LogP contribution in [0.4, 0.5) is 32.2 Å². The van der Waals surface area contributed by atoms with Gasteiger partial charge in [-0.25, -0.2) is 9.97 Å². The predicted molar refractivity (Wildman–Crippen MR) is 51.3 cm³/mol. The summed E-state index contributed by atoms with van der Waals surface area (Å²) in [5, 5.41) is 0.810. The molecule has 0 aliphatic carbocycles. The molecular weight excluding hydrogens is 304 g/mol. The van der Waals surface area contributed by atoms with E-state index in [1.54, 1.807) is 0 Å². The molecule has 0 unspecified atom stereocenters. The van der Waals surface area contributed by atoms with Crippen LogP contribution in [0.3, 0.4) is 0 Å². The molecule has 1 aromatic heterocycles. The van der Waals surface area contributed by atoms with Crippen LogP contribution in [0, 0.1) is 5.92 Å². The molecule has 0 aliphatic heterocycles. The van der Waals surface area contributed by atoms with Gasteiger partial charge in [0.2, 0.25) is 11.8 Å². The number of aromatic nitrogens is 2. The Balaban J connectivity index is 3.01. The monoisotopic (exact) mass is 307 g/mol. The van der Waals surface area contributed by atoms with Gasteiger partial charge < -0.3 is 5.32 Å². The summed E-state index contributed by atoms with van der Waals surface area (Å²) in [7, 11) is 0. The van der Waals surface area contributed by atoms with Crippen LogP contribution in [-0.2, 0) is 4.79 Å². The van der Waals surface area contributed by atoms with Crippen molar-refractivity contribution in [1.82, 2.24) is 9.97 Å². The lowest BCUT2D eigenvalue weighted by molar-refractivity contribution is -0.272. The topological polar surface area (TPSA) is 54.9 Å². The average molecular weight is 308 g/mol. The van der Waals surface area contributed by atoms with Crippen molar-refractivity contribution in [3.05, 3.63) is 17.5 Å². The van der Waals surface area contributed by atoms with Crippen LogP contribution < -0.4 is 5.32 Å². The number of alkyl halides is 6. The molecule has 0 atom stereocenters. The van der Waals surface area contributed by atoms with E-state index in [0.717, 1.165) is 12.4 Å². The minimum absolute atomic E-state index is 0.529. The number of hydrogen-bond acceptors (Lipinski definition) is 3. The number of carbonyl (C=O) groups excluding carboxylic acids is 1. The second-order valence-electron chi connectivity index (χ2n) is 3.20. The molecule has 0 saturated carbocycles. The molecule has 0 radical (unpaired) electrons. The van der Waals surface area contributed by atoms with Crippen molar-refractivity contribution in [2.45, 2.75) is 12.4 Å². The highest BCUT2D eigenvalue weighted by Crippen LogP contribution is 2.39. The molecular formula is C8H4ClF6N3O. The van der Waals surface area contributed by atoms with Gasteiger partial charge in [0.25, 0.3) is 0 Å². The molecule has 4 nitrogen and oxygen atoms in total. The van der Waals surface area contributed by atoms with Gasteiger partial charge in [-0.15, -0.1) is 0 Å². The van der Waals surface area contributed by atoms with Crippen LogP contribution >= 0.6 is 11.6 Å². The van der Waals surface area contributed by atoms with E-state index in [1.807, 2.05) is 0 Å². The SMILES string of the molecule is O=C(Nc1nccnc1Cl)C(C(F)(F)F)C(F)(F)F. The van der Waals surface area contributed by atoms with Gasteiger partial charge in [0, 0.05) is 12.4 Å². The Kier molecular flexibility index (Phi) is 4.23. The van der Waals surface area contributed by atoms with Crippen LogP contribution in [-0.4, -0.2) is 28.2 Å². The lowest BCUT2D eigenvalue weighted by Crippen LogP contribution is -2.45. The number of nitrogens with one attached hydrogen (secondary N) is 1. The first-order valence-electron chi connectivity index (χ1n) is 4.44. The van der Waals surface area contributed by atoms with Crippen molar-refractivity contribution in [2.75, 3.05) is 5.32 Å². The zero-order valence-electron chi connectivity index (χ0n) is 8.68. The predicted octanol–water partition coefficient (Wildman–Crippen LogP) is 2.81. The zero-order valence-corrected chi connectivity index (χ0v) is 9.44. The Morgan fingerprint density at radius 2 is 1.58 bits per heavy atom. The second-order valence-corrected chi connectivity index (χ2v) is 3.56. The van der Waals surface area contributed by atoms with Crippen molar-refractivity contribution in [2.24, 2.45) is 5.92 Å². The minimum Gasteiger partial charge on any atom is -0.307 e. The molecule has 0 aliphatic rings. The normalized spacial score (nSPS) is 12.6. The molecule has 1 N–H and O–H groups in total. The lowest BCUT2D eigenvalue weighted by atomic mass is 10.1. The third-order valence-electron chi connectivity index (χ3n) is 1.81. The molecule has 0 saturated heterocycles. The molecule has 0 fully saturated rings. The molecule has 11 heteroatoms. The smallest absolute Gasteiger partial charge is 0.307 e. The van der Waals surface area contributed by atoms with Gasteiger partial charge in [-0.1, -0.05) is 11.6 Å². The van der Waals surface area contributed by atoms with Gasteiger partial charge in [-0.05, 0) is 0 Å². The van der Waals surface area contributed by atoms with Crippen molar-refractivity contribution in [3.8, 4) is 0 Å². The maximum Gasteiger partial charge on any atom is 0.409 e. The number of amides is 1. The summed E-state index contributed by atoms with van der Waals surface area (Å²) >= 11 is 5.35. The fourth-order valence-electron chi connectivity index (χ4n) is 1.08. The van der Waals surface area contributed by atoms with Crippen molar-refractivity contribution in [1.29, 1.82) is 0 Å². The van der Waals surface area contributed by atoms with E-state index >= 15 is 0 Å². The van der Waals surface area contributed by atoms with E-state index in [2.05, 4.69) is 9.97 Å². The lowest BCUT2D eigenvalue weighted by Gasteiger charge is -2.21. The summed E-state index contributed by atoms with van der Waals surface area (Å²) in [5.74, 6) is -7.19. The highest BCUT2D eigenvalue weighted by molar-refractivity contribution is 6.32. The van der Waals surface area contributed by atoms with E-state index in [-0.39, 0.29) is 0 Å². The zero-order chi connectivity index (χ0) is 14.8. The molecule has 1 aromatic rings. The van der Waals surface area contributed by atoms with E-state index in [9.17, 15) is 31.1 Å². The van der Waals surface area contributed by atoms with Crippen LogP contribution in [0.15, 0.2) is 12.4 Å². The van der Waals surface area contributed by atoms with Gasteiger partial charge in [0.05, 0.1) is 0 Å². The van der Waals surface area contributed by atoms with Crippen LogP contribution in [0.1, 0.15) is 0 Å². The third-order valence-corrected chi connectivity index (χ3v) is 2.09. The largest absolute Gasteiger partial charge is 0.409 e. The molecule has 1 amide bonds. The van der Waals surface area contributed by atoms with Crippen LogP contribution in [0.5, 0.6) is 0 Å². The molecule has 19 heavy (non-hydrogen) atoms. The van der Waals surface area contributed by atoms with E-state index in [1.165, 1.54) is 5.32 Å². The first-order chi connectivity index (χ1) is 8.53. The molecule has 1 rings (SSSR count). The van der Waals surface area contributed by atoms with Crippen molar-refractivity contribution >= 4 is 23.3 Å². The Labute approximate surface area is 106 Å².